The molecule has 0 saturated carbocycles. The first-order valence-electron chi connectivity index (χ1n) is 22.8. The fourth-order valence-corrected chi connectivity index (χ4v) is 16.0. The number of alkyl halides is 1. The molecule has 73 heavy (non-hydrogen) atoms. The lowest BCUT2D eigenvalue weighted by atomic mass is 10.1. The van der Waals surface area contributed by atoms with Gasteiger partial charge in [0.25, 0.3) is 11.5 Å². The lowest BCUT2D eigenvalue weighted by Crippen LogP contribution is -2.50. The highest BCUT2D eigenvalue weighted by atomic mass is 35.5. The second kappa shape index (κ2) is 21.8. The zero-order chi connectivity index (χ0) is 52.1. The Labute approximate surface area is 444 Å². The van der Waals surface area contributed by atoms with E-state index in [2.05, 4.69) is 86.7 Å². The summed E-state index contributed by atoms with van der Waals surface area (Å²) in [6.07, 6.45) is -4.08. The summed E-state index contributed by atoms with van der Waals surface area (Å²) in [5.41, 5.74) is 0.862. The van der Waals surface area contributed by atoms with Crippen molar-refractivity contribution in [3.8, 4) is 0 Å². The largest absolute Gasteiger partial charge is 0.410 e. The van der Waals surface area contributed by atoms with Crippen LogP contribution in [0, 0.1) is 5.92 Å². The van der Waals surface area contributed by atoms with Gasteiger partial charge in [-0.05, 0) is 48.0 Å². The molecule has 0 radical (unpaired) electrons. The van der Waals surface area contributed by atoms with Crippen molar-refractivity contribution in [2.75, 3.05) is 23.8 Å². The second-order valence-corrected chi connectivity index (χ2v) is 32.1. The average Bonchev–Trinajstić information content (AvgIpc) is 4.10. The number of fused-ring (bicyclic) bond motifs is 5. The number of nitrogens with one attached hydrogen (secondary N) is 3. The number of carbonyl (C=O) groups is 2. The number of ether oxygens (including phenoxy) is 1. The number of halogens is 3. The first-order valence-corrected chi connectivity index (χ1v) is 32.9. The van der Waals surface area contributed by atoms with Gasteiger partial charge in [-0.25, -0.2) is 28.9 Å². The molecule has 3 fully saturated rings. The molecule has 3 N–H and O–H groups in total. The Kier molecular flexibility index (Phi) is 16.2. The van der Waals surface area contributed by atoms with E-state index in [0.717, 1.165) is 0 Å². The summed E-state index contributed by atoms with van der Waals surface area (Å²) in [6, 6.07) is 13.6. The smallest absolute Gasteiger partial charge is 0.386 e. The van der Waals surface area contributed by atoms with Crippen molar-refractivity contribution in [2.45, 2.75) is 106 Å². The maximum absolute atomic E-state index is 17.4. The molecule has 29 heteroatoms. The third-order valence-electron chi connectivity index (χ3n) is 12.7. The van der Waals surface area contributed by atoms with Crippen LogP contribution in [0.2, 0.25) is 28.2 Å². The van der Waals surface area contributed by atoms with E-state index < -0.39 is 94.1 Å². The molecule has 3 aliphatic rings. The molecule has 20 nitrogen and oxygen atoms in total. The Bertz CT molecular complexity index is 3140. The average molecular weight is 1160 g/mol. The third-order valence-corrected chi connectivity index (χ3v) is 23.9. The van der Waals surface area contributed by atoms with Crippen LogP contribution in [0.4, 0.5) is 16.2 Å². The van der Waals surface area contributed by atoms with Gasteiger partial charge in [-0.15, -0.1) is 11.8 Å². The molecule has 2 aromatic carbocycles. The molecule has 3 aliphatic heterocycles. The topological polar surface area (TPSA) is 238 Å². The number of benzene rings is 2. The monoisotopic (exact) mass is 1150 g/mol. The number of imidazole rings is 2. The SMILES string of the molecule is CC(C)C(=O)Nc1nc2c(ncn2[C@@H]2S[C@@H]3COP(SCc4ccc(Cl)cc4Cl)O[C@H]4[C@H](F)[C@H](n5cnc6c(NC(=O)c7ccccc7)ncnc65)O[C@@H]4COP(=O)(S)O[C@@H]2[C@@H]3O[Si](C)(C)C(C)(C)C)c(=O)[nH]1. The minimum Gasteiger partial charge on any atom is -0.410 e. The van der Waals surface area contributed by atoms with Crippen molar-refractivity contribution in [1.29, 1.82) is 0 Å². The van der Waals surface area contributed by atoms with Crippen molar-refractivity contribution in [3.05, 3.63) is 99.0 Å². The summed E-state index contributed by atoms with van der Waals surface area (Å²) < 4.78 is 74.9. The highest BCUT2D eigenvalue weighted by Crippen LogP contribution is 2.63. The molecule has 2 bridgehead atoms. The Morgan fingerprint density at radius 3 is 2.51 bits per heavy atom. The molecule has 2 unspecified atom stereocenters. The molecule has 4 aromatic heterocycles. The molecule has 0 aliphatic carbocycles. The summed E-state index contributed by atoms with van der Waals surface area (Å²) in [5, 5.41) is 4.48. The van der Waals surface area contributed by atoms with E-state index >= 15 is 4.39 Å². The van der Waals surface area contributed by atoms with Gasteiger partial charge in [0.2, 0.25) is 19.4 Å². The highest BCUT2D eigenvalue weighted by molar-refractivity contribution is 8.52. The fourth-order valence-electron chi connectivity index (χ4n) is 7.79. The predicted octanol–water partition coefficient (Wildman–Crippen LogP) is 10.4. The van der Waals surface area contributed by atoms with E-state index in [1.54, 1.807) is 66.9 Å². The van der Waals surface area contributed by atoms with Crippen LogP contribution in [0.1, 0.15) is 62.1 Å². The number of rotatable bonds is 11. The Morgan fingerprint density at radius 2 is 1.78 bits per heavy atom. The van der Waals surface area contributed by atoms with E-state index in [9.17, 15) is 18.9 Å². The second-order valence-electron chi connectivity index (χ2n) is 19.1. The van der Waals surface area contributed by atoms with Gasteiger partial charge in [-0.3, -0.25) is 42.9 Å². The van der Waals surface area contributed by atoms with Gasteiger partial charge in [-0.1, -0.05) is 106 Å². The summed E-state index contributed by atoms with van der Waals surface area (Å²) in [4.78, 5) is 64.0. The molecular formula is C44H51Cl2FN10O10P2S3Si. The third kappa shape index (κ3) is 11.8. The van der Waals surface area contributed by atoms with E-state index in [-0.39, 0.29) is 57.4 Å². The number of aromatic nitrogens is 8. The lowest BCUT2D eigenvalue weighted by molar-refractivity contribution is -0.118. The van der Waals surface area contributed by atoms with Crippen molar-refractivity contribution in [3.63, 3.8) is 0 Å². The normalized spacial score (nSPS) is 27.1. The molecule has 0 spiro atoms. The van der Waals surface area contributed by atoms with Gasteiger partial charge in [0.05, 0.1) is 37.2 Å². The molecule has 3 saturated heterocycles. The molecular weight excluding hydrogens is 1100 g/mol. The molecule has 2 amide bonds. The van der Waals surface area contributed by atoms with Gasteiger partial charge < -0.3 is 23.5 Å². The maximum atomic E-state index is 17.4. The first kappa shape index (κ1) is 54.3. The number of nitrogens with zero attached hydrogens (tertiary/aromatic N) is 7. The van der Waals surface area contributed by atoms with Crippen LogP contribution in [-0.2, 0) is 42.4 Å². The van der Waals surface area contributed by atoms with Crippen LogP contribution in [0.25, 0.3) is 22.3 Å². The number of thiol groups is 1. The van der Waals surface area contributed by atoms with Gasteiger partial charge in [0.15, 0.2) is 48.9 Å². The van der Waals surface area contributed by atoms with Gasteiger partial charge in [0, 0.05) is 27.3 Å². The molecule has 9 rings (SSSR count). The number of hydrogen-bond donors (Lipinski definition) is 4. The minimum absolute atomic E-state index is 0.0256. The van der Waals surface area contributed by atoms with Crippen molar-refractivity contribution >= 4 is 127 Å². The number of amides is 2. The van der Waals surface area contributed by atoms with E-state index in [1.165, 1.54) is 46.7 Å². The van der Waals surface area contributed by atoms with Crippen molar-refractivity contribution in [1.82, 2.24) is 39.0 Å². The standard InChI is InChI=1S/C44H51Cl2FN10O10P2S3Si/c1-22(2)38(58)54-43-53-37-31(40(60)55-43)51-21-57(37)42-34-33(67-73(6,7)44(3,4)5)28(72-42)17-62-68(71-18-24-13-14-25(45)15-26(24)46)65-32-27(16-63-69(61,70)66-34)64-41(29(32)47)56-20-50-30-35(48-19-49-36(30)56)52-39(59)23-11-9-8-10-12-23/h8-15,19-22,27-29,32-34,41-42H,16-18H2,1-7H3,(H,61,70)(H,48,49,52,59)(H2,53,54,55,58,60)/t27-,28-,29+,32-,33-,34-,41-,42-,68?,69?/m1/s1. The van der Waals surface area contributed by atoms with Crippen LogP contribution < -0.4 is 16.2 Å². The number of carbonyl (C=O) groups excluding carboxylic acids is 2. The number of anilines is 2. The van der Waals surface area contributed by atoms with Crippen LogP contribution in [-0.4, -0.2) is 108 Å². The molecule has 10 atom stereocenters. The zero-order valence-electron chi connectivity index (χ0n) is 40.2. The highest BCUT2D eigenvalue weighted by Gasteiger charge is 2.55. The Balaban J connectivity index is 1.08. The molecule has 390 valence electrons. The summed E-state index contributed by atoms with van der Waals surface area (Å²) in [7, 11) is -4.80. The molecule has 6 aromatic rings. The van der Waals surface area contributed by atoms with Gasteiger partial charge >= 0.3 is 6.80 Å². The van der Waals surface area contributed by atoms with E-state index in [0.29, 0.717) is 21.2 Å². The van der Waals surface area contributed by atoms with Crippen LogP contribution in [0.3, 0.4) is 0 Å². The fraction of sp³-hybridized carbons (Fsp3) is 0.455. The van der Waals surface area contributed by atoms with Gasteiger partial charge in [0.1, 0.15) is 30.0 Å². The Hall–Kier alpha value is -3.52. The van der Waals surface area contributed by atoms with Crippen LogP contribution in [0.15, 0.2) is 72.3 Å². The lowest BCUT2D eigenvalue weighted by Gasteiger charge is -2.41. The van der Waals surface area contributed by atoms with E-state index in [1.807, 2.05) is 0 Å². The Morgan fingerprint density at radius 1 is 1.04 bits per heavy atom. The van der Waals surface area contributed by atoms with Crippen molar-refractivity contribution < 1.29 is 45.8 Å². The number of thioether (sulfide) groups is 1. The summed E-state index contributed by atoms with van der Waals surface area (Å²) in [5.74, 6) is -0.991. The maximum Gasteiger partial charge on any atom is 0.386 e. The zero-order valence-corrected chi connectivity index (χ0v) is 47.0. The quantitative estimate of drug-likeness (QED) is 0.0536. The molecule has 7 heterocycles. The van der Waals surface area contributed by atoms with Crippen LogP contribution in [0.5, 0.6) is 0 Å². The summed E-state index contributed by atoms with van der Waals surface area (Å²) >= 11 is 20.0. The number of hydrogen-bond acceptors (Lipinski definition) is 17. The summed E-state index contributed by atoms with van der Waals surface area (Å²) in [6.45, 7) is 8.69. The number of H-pyrrole nitrogens is 1. The number of aromatic amines is 1. The minimum atomic E-state index is -4.47. The van der Waals surface area contributed by atoms with E-state index in [4.69, 9.17) is 50.5 Å². The first-order chi connectivity index (χ1) is 34.6. The van der Waals surface area contributed by atoms with Crippen molar-refractivity contribution in [2.24, 2.45) is 5.92 Å². The van der Waals surface area contributed by atoms with Gasteiger partial charge in [-0.2, -0.15) is 4.98 Å². The predicted molar refractivity (Wildman–Crippen MR) is 286 cm³/mol. The van der Waals surface area contributed by atoms with Crippen LogP contribution >= 0.6 is 73.0 Å².